The molecule has 1 N–H and O–H groups in total. The second-order valence-corrected chi connectivity index (χ2v) is 6.27. The van der Waals surface area contributed by atoms with Crippen molar-refractivity contribution < 1.29 is 23.3 Å². The summed E-state index contributed by atoms with van der Waals surface area (Å²) in [5, 5.41) is 10.3. The van der Waals surface area contributed by atoms with Gasteiger partial charge in [-0.25, -0.2) is 9.02 Å². The lowest BCUT2D eigenvalue weighted by atomic mass is 10.1. The maximum absolute atomic E-state index is 13.8. The van der Waals surface area contributed by atoms with Crippen LogP contribution in [0.5, 0.6) is 11.5 Å². The highest BCUT2D eigenvalue weighted by Gasteiger charge is 2.23. The van der Waals surface area contributed by atoms with Crippen molar-refractivity contribution in [3.8, 4) is 22.8 Å². The molecule has 1 aromatic heterocycles. The number of ether oxygens (including phenoxy) is 2. The first-order chi connectivity index (χ1) is 14.1. The topological polar surface area (TPSA) is 86.5 Å². The number of carbonyl (C=O) groups excluding carboxylic acids is 1. The second kappa shape index (κ2) is 9.68. The summed E-state index contributed by atoms with van der Waals surface area (Å²) >= 11 is 0. The Morgan fingerprint density at radius 3 is 2.59 bits per heavy atom. The Labute approximate surface area is 167 Å². The Morgan fingerprint density at radius 1 is 1.14 bits per heavy atom. The molecule has 0 saturated carbocycles. The molecule has 0 spiro atoms. The zero-order valence-electron chi connectivity index (χ0n) is 16.2. The number of carbonyl (C=O) groups is 1. The molecule has 1 amide bonds. The molecule has 152 valence electrons. The summed E-state index contributed by atoms with van der Waals surface area (Å²) in [5.41, 5.74) is 1.08. The quantitative estimate of drug-likeness (QED) is 0.572. The highest BCUT2D eigenvalue weighted by molar-refractivity contribution is 5.96. The monoisotopic (exact) mass is 399 g/mol. The molecule has 0 bridgehead atoms. The molecule has 8 heteroatoms. The van der Waals surface area contributed by atoms with Crippen LogP contribution >= 0.6 is 0 Å². The molecule has 0 saturated heterocycles. The lowest BCUT2D eigenvalue weighted by molar-refractivity contribution is -0.122. The van der Waals surface area contributed by atoms with Crippen LogP contribution in [0, 0.1) is 5.82 Å². The van der Waals surface area contributed by atoms with Crippen molar-refractivity contribution in [1.82, 2.24) is 10.3 Å². The Morgan fingerprint density at radius 2 is 1.90 bits per heavy atom. The summed E-state index contributed by atoms with van der Waals surface area (Å²) in [6.07, 6.45) is 0.351. The number of hydrogen-bond donors (Lipinski definition) is 1. The van der Waals surface area contributed by atoms with Crippen molar-refractivity contribution in [2.24, 2.45) is 0 Å². The fourth-order valence-electron chi connectivity index (χ4n) is 2.60. The minimum atomic E-state index is -0.902. The lowest BCUT2D eigenvalue weighted by Gasteiger charge is -2.17. The van der Waals surface area contributed by atoms with Gasteiger partial charge in [0.25, 0.3) is 5.91 Å². The third-order valence-corrected chi connectivity index (χ3v) is 4.10. The van der Waals surface area contributed by atoms with E-state index in [1.54, 1.807) is 43.3 Å². The molecule has 0 aliphatic heterocycles. The number of nitrogens with one attached hydrogen (secondary N) is 1. The fourth-order valence-corrected chi connectivity index (χ4v) is 2.60. The summed E-state index contributed by atoms with van der Waals surface area (Å²) < 4.78 is 29.7. The molecule has 1 unspecified atom stereocenters. The van der Waals surface area contributed by atoms with E-state index in [4.69, 9.17) is 14.1 Å². The Hall–Kier alpha value is -3.42. The minimum Gasteiger partial charge on any atom is -0.494 e. The third kappa shape index (κ3) is 5.10. The molecule has 0 aliphatic carbocycles. The van der Waals surface area contributed by atoms with Gasteiger partial charge < -0.3 is 14.8 Å². The van der Waals surface area contributed by atoms with E-state index < -0.39 is 17.8 Å². The van der Waals surface area contributed by atoms with E-state index in [2.05, 4.69) is 15.6 Å². The number of halogens is 1. The first-order valence-electron chi connectivity index (χ1n) is 9.40. The summed E-state index contributed by atoms with van der Waals surface area (Å²) in [6.45, 7) is 4.43. The molecule has 1 atom stereocenters. The number of hydrogen-bond acceptors (Lipinski definition) is 6. The van der Waals surface area contributed by atoms with Crippen molar-refractivity contribution in [1.29, 1.82) is 0 Å². The highest BCUT2D eigenvalue weighted by atomic mass is 19.1. The fraction of sp³-hybridized carbons (Fsp3) is 0.286. The SMILES string of the molecule is CCCOc1ccc(-c2nonc2NC(=O)C(CC)Oc2ccccc2F)cc1. The first-order valence-corrected chi connectivity index (χ1v) is 9.40. The summed E-state index contributed by atoms with van der Waals surface area (Å²) in [6, 6.07) is 13.1. The number of aromatic nitrogens is 2. The van der Waals surface area contributed by atoms with Crippen LogP contribution in [0.4, 0.5) is 10.2 Å². The van der Waals surface area contributed by atoms with Gasteiger partial charge in [-0.3, -0.25) is 4.79 Å². The minimum absolute atomic E-state index is 0.00988. The van der Waals surface area contributed by atoms with Crippen LogP contribution in [-0.2, 0) is 4.79 Å². The average molecular weight is 399 g/mol. The zero-order chi connectivity index (χ0) is 20.6. The van der Waals surface area contributed by atoms with Gasteiger partial charge in [-0.15, -0.1) is 0 Å². The molecule has 7 nitrogen and oxygen atoms in total. The van der Waals surface area contributed by atoms with Crippen molar-refractivity contribution in [3.05, 3.63) is 54.3 Å². The Kier molecular flexibility index (Phi) is 6.78. The molecule has 3 aromatic rings. The highest BCUT2D eigenvalue weighted by Crippen LogP contribution is 2.27. The van der Waals surface area contributed by atoms with Gasteiger partial charge >= 0.3 is 0 Å². The van der Waals surface area contributed by atoms with Gasteiger partial charge in [-0.05, 0) is 59.6 Å². The van der Waals surface area contributed by atoms with Crippen molar-refractivity contribution in [2.45, 2.75) is 32.8 Å². The molecule has 0 aliphatic rings. The molecular formula is C21H22FN3O4. The maximum atomic E-state index is 13.8. The first kappa shape index (κ1) is 20.3. The molecule has 1 heterocycles. The van der Waals surface area contributed by atoms with Crippen molar-refractivity contribution >= 4 is 11.7 Å². The Bertz CT molecular complexity index is 943. The van der Waals surface area contributed by atoms with Crippen LogP contribution in [0.25, 0.3) is 11.3 Å². The lowest BCUT2D eigenvalue weighted by Crippen LogP contribution is -2.32. The van der Waals surface area contributed by atoms with E-state index in [-0.39, 0.29) is 11.6 Å². The largest absolute Gasteiger partial charge is 0.494 e. The molecule has 2 aromatic carbocycles. The van der Waals surface area contributed by atoms with E-state index in [0.29, 0.717) is 24.3 Å². The van der Waals surface area contributed by atoms with E-state index in [1.165, 1.54) is 12.1 Å². The molecular weight excluding hydrogens is 377 g/mol. The van der Waals surface area contributed by atoms with Gasteiger partial charge in [-0.1, -0.05) is 26.0 Å². The van der Waals surface area contributed by atoms with Gasteiger partial charge in [0.15, 0.2) is 23.4 Å². The van der Waals surface area contributed by atoms with Crippen LogP contribution in [0.2, 0.25) is 0 Å². The van der Waals surface area contributed by atoms with E-state index in [1.807, 2.05) is 6.92 Å². The smallest absolute Gasteiger partial charge is 0.266 e. The van der Waals surface area contributed by atoms with Crippen LogP contribution in [0.1, 0.15) is 26.7 Å². The number of anilines is 1. The molecule has 3 rings (SSSR count). The van der Waals surface area contributed by atoms with Crippen LogP contribution in [0.3, 0.4) is 0 Å². The van der Waals surface area contributed by atoms with Crippen molar-refractivity contribution in [2.75, 3.05) is 11.9 Å². The average Bonchev–Trinajstić information content (AvgIpc) is 3.20. The van der Waals surface area contributed by atoms with Gasteiger partial charge in [0.05, 0.1) is 6.61 Å². The predicted molar refractivity (Wildman–Crippen MR) is 105 cm³/mol. The van der Waals surface area contributed by atoms with E-state index >= 15 is 0 Å². The third-order valence-electron chi connectivity index (χ3n) is 4.10. The molecule has 29 heavy (non-hydrogen) atoms. The summed E-state index contributed by atoms with van der Waals surface area (Å²) in [4.78, 5) is 12.6. The maximum Gasteiger partial charge on any atom is 0.266 e. The summed E-state index contributed by atoms with van der Waals surface area (Å²) in [5.74, 6) is -0.103. The van der Waals surface area contributed by atoms with E-state index in [9.17, 15) is 9.18 Å². The number of benzene rings is 2. The van der Waals surface area contributed by atoms with Crippen LogP contribution < -0.4 is 14.8 Å². The van der Waals surface area contributed by atoms with Gasteiger partial charge in [0.2, 0.25) is 5.82 Å². The van der Waals surface area contributed by atoms with Crippen molar-refractivity contribution in [3.63, 3.8) is 0 Å². The van der Waals surface area contributed by atoms with E-state index in [0.717, 1.165) is 12.2 Å². The molecule has 0 fully saturated rings. The number of rotatable bonds is 9. The second-order valence-electron chi connectivity index (χ2n) is 6.27. The van der Waals surface area contributed by atoms with Crippen LogP contribution in [-0.4, -0.2) is 28.9 Å². The van der Waals surface area contributed by atoms with Gasteiger partial charge in [-0.2, -0.15) is 0 Å². The van der Waals surface area contributed by atoms with Gasteiger partial charge in [0.1, 0.15) is 5.75 Å². The Balaban J connectivity index is 1.71. The molecule has 0 radical (unpaired) electrons. The van der Waals surface area contributed by atoms with Gasteiger partial charge in [0, 0.05) is 5.56 Å². The zero-order valence-corrected chi connectivity index (χ0v) is 16.2. The number of nitrogens with zero attached hydrogens (tertiary/aromatic N) is 2. The standard InChI is InChI=1S/C21H22FN3O4/c1-3-13-27-15-11-9-14(10-12-15)19-20(25-29-24-19)23-21(26)17(4-2)28-18-8-6-5-7-16(18)22/h5-12,17H,3-4,13H2,1-2H3,(H,23,25,26). The normalized spacial score (nSPS) is 11.7. The number of para-hydroxylation sites is 1. The predicted octanol–water partition coefficient (Wildman–Crippen LogP) is 4.46. The number of amides is 1. The van der Waals surface area contributed by atoms with Crippen LogP contribution in [0.15, 0.2) is 53.2 Å². The summed E-state index contributed by atoms with van der Waals surface area (Å²) in [7, 11) is 0.